The molecule has 0 atom stereocenters. The number of methoxy groups -OCH3 is 1. The van der Waals surface area contributed by atoms with Gasteiger partial charge in [-0.1, -0.05) is 35.9 Å². The molecular formula is C25H25ClFNO2. The molecular weight excluding hydrogens is 401 g/mol. The van der Waals surface area contributed by atoms with Crippen LogP contribution >= 0.6 is 11.6 Å². The number of rotatable bonds is 9. The van der Waals surface area contributed by atoms with Crippen LogP contribution < -0.4 is 14.8 Å². The van der Waals surface area contributed by atoms with Gasteiger partial charge in [-0.15, -0.1) is 6.58 Å². The molecule has 0 saturated heterocycles. The standard InChI is InChI=1S/C25H25ClFNO2/c1-4-5-20-12-19(15-28-22-11-6-17(2)23(26)14-22)13-24(29-3)25(20)30-16-18-7-9-21(27)10-8-18/h4,6-14,28H,1,5,15-16H2,2-3H3. The van der Waals surface area contributed by atoms with E-state index in [2.05, 4.69) is 18.0 Å². The highest BCUT2D eigenvalue weighted by atomic mass is 35.5. The molecule has 0 aliphatic rings. The maximum Gasteiger partial charge on any atom is 0.165 e. The number of nitrogens with one attached hydrogen (secondary N) is 1. The molecule has 3 rings (SSSR count). The largest absolute Gasteiger partial charge is 0.493 e. The molecule has 0 aromatic heterocycles. The van der Waals surface area contributed by atoms with Gasteiger partial charge in [-0.05, 0) is 66.4 Å². The normalized spacial score (nSPS) is 10.5. The van der Waals surface area contributed by atoms with Gasteiger partial charge in [0.05, 0.1) is 7.11 Å². The van der Waals surface area contributed by atoms with E-state index in [0.717, 1.165) is 33.0 Å². The van der Waals surface area contributed by atoms with Crippen LogP contribution in [0.15, 0.2) is 67.3 Å². The second-order valence-corrected chi connectivity index (χ2v) is 7.42. The predicted octanol–water partition coefficient (Wildman–Crippen LogP) is 6.72. The lowest BCUT2D eigenvalue weighted by molar-refractivity contribution is 0.281. The first-order valence-electron chi connectivity index (χ1n) is 9.68. The van der Waals surface area contributed by atoms with Gasteiger partial charge in [-0.2, -0.15) is 0 Å². The van der Waals surface area contributed by atoms with Gasteiger partial charge in [-0.25, -0.2) is 4.39 Å². The highest BCUT2D eigenvalue weighted by molar-refractivity contribution is 6.31. The molecule has 0 amide bonds. The van der Waals surface area contributed by atoms with Crippen LogP contribution in [0.5, 0.6) is 11.5 Å². The van der Waals surface area contributed by atoms with Crippen LogP contribution in [-0.4, -0.2) is 7.11 Å². The minimum absolute atomic E-state index is 0.268. The van der Waals surface area contributed by atoms with Crippen LogP contribution in [0.4, 0.5) is 10.1 Å². The van der Waals surface area contributed by atoms with Crippen molar-refractivity contribution in [2.24, 2.45) is 0 Å². The van der Waals surface area contributed by atoms with E-state index < -0.39 is 0 Å². The van der Waals surface area contributed by atoms with E-state index in [1.165, 1.54) is 12.1 Å². The Morgan fingerprint density at radius 1 is 1.07 bits per heavy atom. The van der Waals surface area contributed by atoms with Gasteiger partial charge in [0.25, 0.3) is 0 Å². The van der Waals surface area contributed by atoms with Crippen LogP contribution in [0, 0.1) is 12.7 Å². The number of halogens is 2. The summed E-state index contributed by atoms with van der Waals surface area (Å²) in [7, 11) is 1.62. The molecule has 0 saturated carbocycles. The van der Waals surface area contributed by atoms with E-state index in [0.29, 0.717) is 31.1 Å². The highest BCUT2D eigenvalue weighted by Crippen LogP contribution is 2.34. The summed E-state index contributed by atoms with van der Waals surface area (Å²) < 4.78 is 24.8. The van der Waals surface area contributed by atoms with Crippen LogP contribution in [0.3, 0.4) is 0 Å². The number of anilines is 1. The van der Waals surface area contributed by atoms with Gasteiger partial charge in [0, 0.05) is 22.8 Å². The summed E-state index contributed by atoms with van der Waals surface area (Å²) in [5, 5.41) is 4.12. The summed E-state index contributed by atoms with van der Waals surface area (Å²) in [6, 6.07) is 16.2. The van der Waals surface area contributed by atoms with Gasteiger partial charge in [0.2, 0.25) is 0 Å². The summed E-state index contributed by atoms with van der Waals surface area (Å²) in [5.74, 6) is 1.05. The Morgan fingerprint density at radius 3 is 2.50 bits per heavy atom. The maximum absolute atomic E-state index is 13.1. The summed E-state index contributed by atoms with van der Waals surface area (Å²) >= 11 is 6.22. The molecule has 0 bridgehead atoms. The number of allylic oxidation sites excluding steroid dienone is 1. The van der Waals surface area contributed by atoms with Crippen LogP contribution in [0.25, 0.3) is 0 Å². The van der Waals surface area contributed by atoms with Gasteiger partial charge in [-0.3, -0.25) is 0 Å². The molecule has 3 nitrogen and oxygen atoms in total. The Morgan fingerprint density at radius 2 is 1.83 bits per heavy atom. The fourth-order valence-electron chi connectivity index (χ4n) is 3.09. The van der Waals surface area contributed by atoms with Crippen molar-refractivity contribution in [1.82, 2.24) is 0 Å². The molecule has 30 heavy (non-hydrogen) atoms. The average Bonchev–Trinajstić information content (AvgIpc) is 2.74. The minimum atomic E-state index is -0.268. The lowest BCUT2D eigenvalue weighted by Crippen LogP contribution is -2.05. The van der Waals surface area contributed by atoms with Gasteiger partial charge in [0.15, 0.2) is 11.5 Å². The molecule has 0 radical (unpaired) electrons. The zero-order valence-corrected chi connectivity index (χ0v) is 17.9. The molecule has 0 aliphatic carbocycles. The monoisotopic (exact) mass is 425 g/mol. The fraction of sp³-hybridized carbons (Fsp3) is 0.200. The van der Waals surface area contributed by atoms with Crippen molar-refractivity contribution < 1.29 is 13.9 Å². The zero-order chi connectivity index (χ0) is 21.5. The molecule has 0 spiro atoms. The van der Waals surface area contributed by atoms with Crippen molar-refractivity contribution in [3.05, 3.63) is 100 Å². The summed E-state index contributed by atoms with van der Waals surface area (Å²) in [4.78, 5) is 0. The summed E-state index contributed by atoms with van der Waals surface area (Å²) in [6.07, 6.45) is 2.47. The Labute approximate surface area is 182 Å². The van der Waals surface area contributed by atoms with E-state index in [1.54, 1.807) is 19.2 Å². The SMILES string of the molecule is C=CCc1cc(CNc2ccc(C)c(Cl)c2)cc(OC)c1OCc1ccc(F)cc1. The first-order chi connectivity index (χ1) is 14.5. The lowest BCUT2D eigenvalue weighted by Gasteiger charge is -2.17. The van der Waals surface area contributed by atoms with E-state index in [4.69, 9.17) is 21.1 Å². The maximum atomic E-state index is 13.1. The molecule has 5 heteroatoms. The number of hydrogen-bond acceptors (Lipinski definition) is 3. The third-order valence-electron chi connectivity index (χ3n) is 4.74. The Bertz CT molecular complexity index is 1020. The molecule has 0 fully saturated rings. The summed E-state index contributed by atoms with van der Waals surface area (Å²) in [6.45, 7) is 6.76. The van der Waals surface area contributed by atoms with Crippen molar-refractivity contribution in [3.63, 3.8) is 0 Å². The van der Waals surface area contributed by atoms with Crippen molar-refractivity contribution in [3.8, 4) is 11.5 Å². The molecule has 1 N–H and O–H groups in total. The van der Waals surface area contributed by atoms with Crippen molar-refractivity contribution in [2.75, 3.05) is 12.4 Å². The Balaban J connectivity index is 1.79. The van der Waals surface area contributed by atoms with Crippen LogP contribution in [0.1, 0.15) is 22.3 Å². The molecule has 3 aromatic rings. The van der Waals surface area contributed by atoms with Crippen LogP contribution in [-0.2, 0) is 19.6 Å². The number of ether oxygens (including phenoxy) is 2. The first kappa shape index (κ1) is 21.7. The van der Waals surface area contributed by atoms with E-state index >= 15 is 0 Å². The third-order valence-corrected chi connectivity index (χ3v) is 5.15. The van der Waals surface area contributed by atoms with Crippen molar-refractivity contribution in [2.45, 2.75) is 26.5 Å². The lowest BCUT2D eigenvalue weighted by atomic mass is 10.0. The summed E-state index contributed by atoms with van der Waals surface area (Å²) in [5.41, 5.74) is 4.90. The third kappa shape index (κ3) is 5.55. The van der Waals surface area contributed by atoms with E-state index in [1.807, 2.05) is 37.3 Å². The molecule has 0 aliphatic heterocycles. The first-order valence-corrected chi connectivity index (χ1v) is 10.1. The number of hydrogen-bond donors (Lipinski definition) is 1. The smallest absolute Gasteiger partial charge is 0.165 e. The Kier molecular flexibility index (Phi) is 7.36. The number of benzene rings is 3. The molecule has 3 aromatic carbocycles. The molecule has 0 heterocycles. The fourth-order valence-corrected chi connectivity index (χ4v) is 3.27. The van der Waals surface area contributed by atoms with Crippen molar-refractivity contribution >= 4 is 17.3 Å². The van der Waals surface area contributed by atoms with Crippen LogP contribution in [0.2, 0.25) is 5.02 Å². The second kappa shape index (κ2) is 10.2. The van der Waals surface area contributed by atoms with Gasteiger partial charge < -0.3 is 14.8 Å². The van der Waals surface area contributed by atoms with E-state index in [9.17, 15) is 4.39 Å². The van der Waals surface area contributed by atoms with Crippen molar-refractivity contribution in [1.29, 1.82) is 0 Å². The Hall–Kier alpha value is -2.98. The van der Waals surface area contributed by atoms with Gasteiger partial charge >= 0.3 is 0 Å². The van der Waals surface area contributed by atoms with E-state index in [-0.39, 0.29) is 5.82 Å². The molecule has 156 valence electrons. The quantitative estimate of drug-likeness (QED) is 0.386. The van der Waals surface area contributed by atoms with Gasteiger partial charge in [0.1, 0.15) is 12.4 Å². The zero-order valence-electron chi connectivity index (χ0n) is 17.2. The second-order valence-electron chi connectivity index (χ2n) is 7.01. The number of aryl methyl sites for hydroxylation is 1. The molecule has 0 unspecified atom stereocenters. The topological polar surface area (TPSA) is 30.5 Å². The minimum Gasteiger partial charge on any atom is -0.493 e. The predicted molar refractivity (Wildman–Crippen MR) is 121 cm³/mol. The highest BCUT2D eigenvalue weighted by Gasteiger charge is 2.13. The average molecular weight is 426 g/mol.